The molecule has 0 spiro atoms. The maximum atomic E-state index is 13.7. The molecule has 1 heterocycles. The van der Waals surface area contributed by atoms with Crippen LogP contribution < -0.4 is 5.32 Å². The second-order valence-electron chi connectivity index (χ2n) is 4.03. The average molecular weight is 230 g/mol. The molecule has 1 aromatic carbocycles. The number of rotatable bonds is 3. The van der Waals surface area contributed by atoms with Crippen LogP contribution in [0.5, 0.6) is 0 Å². The minimum atomic E-state index is -0.212. The summed E-state index contributed by atoms with van der Waals surface area (Å²) in [7, 11) is 1.87. The minimum Gasteiger partial charge on any atom is -0.316 e. The fraction of sp³-hybridized carbons (Fsp3) is 0.214. The van der Waals surface area contributed by atoms with E-state index >= 15 is 0 Å². The van der Waals surface area contributed by atoms with E-state index in [4.69, 9.17) is 0 Å². The molecule has 0 saturated heterocycles. The van der Waals surface area contributed by atoms with Gasteiger partial charge in [-0.15, -0.1) is 0 Å². The minimum absolute atomic E-state index is 0.212. The van der Waals surface area contributed by atoms with Crippen LogP contribution in [-0.2, 0) is 6.54 Å². The van der Waals surface area contributed by atoms with Gasteiger partial charge in [-0.05, 0) is 37.7 Å². The molecule has 0 aliphatic rings. The van der Waals surface area contributed by atoms with E-state index in [1.165, 1.54) is 6.07 Å². The summed E-state index contributed by atoms with van der Waals surface area (Å²) >= 11 is 0. The third-order valence-corrected chi connectivity index (χ3v) is 2.63. The molecule has 0 aliphatic carbocycles. The van der Waals surface area contributed by atoms with Gasteiger partial charge in [0.2, 0.25) is 0 Å². The summed E-state index contributed by atoms with van der Waals surface area (Å²) in [6.45, 7) is 2.64. The molecule has 0 radical (unpaired) electrons. The van der Waals surface area contributed by atoms with E-state index in [2.05, 4.69) is 10.3 Å². The van der Waals surface area contributed by atoms with Crippen LogP contribution in [0.15, 0.2) is 36.5 Å². The fourth-order valence-corrected chi connectivity index (χ4v) is 1.73. The number of hydrogen-bond acceptors (Lipinski definition) is 2. The zero-order valence-electron chi connectivity index (χ0n) is 10.00. The molecule has 0 aliphatic heterocycles. The Bertz CT molecular complexity index is 506. The summed E-state index contributed by atoms with van der Waals surface area (Å²) in [6.07, 6.45) is 1.71. The van der Waals surface area contributed by atoms with Gasteiger partial charge in [0.05, 0.1) is 0 Å². The number of nitrogens with one attached hydrogen (secondary N) is 1. The van der Waals surface area contributed by atoms with Gasteiger partial charge >= 0.3 is 0 Å². The van der Waals surface area contributed by atoms with Crippen molar-refractivity contribution in [2.45, 2.75) is 13.5 Å². The Hall–Kier alpha value is -1.74. The van der Waals surface area contributed by atoms with E-state index in [1.807, 2.05) is 32.2 Å². The van der Waals surface area contributed by atoms with Crippen molar-refractivity contribution in [1.29, 1.82) is 0 Å². The molecule has 0 amide bonds. The van der Waals surface area contributed by atoms with Crippen molar-refractivity contribution in [1.82, 2.24) is 10.3 Å². The second-order valence-corrected chi connectivity index (χ2v) is 4.03. The number of nitrogens with zero attached hydrogens (tertiary/aromatic N) is 1. The van der Waals surface area contributed by atoms with Crippen molar-refractivity contribution >= 4 is 0 Å². The van der Waals surface area contributed by atoms with Crippen LogP contribution in [0, 0.1) is 12.7 Å². The Balaban J connectivity index is 2.42. The Morgan fingerprint density at radius 1 is 1.24 bits per heavy atom. The molecule has 0 saturated carbocycles. The summed E-state index contributed by atoms with van der Waals surface area (Å²) in [4.78, 5) is 4.19. The number of benzene rings is 1. The molecule has 88 valence electrons. The maximum absolute atomic E-state index is 13.7. The molecule has 2 rings (SSSR count). The van der Waals surface area contributed by atoms with E-state index in [0.29, 0.717) is 5.56 Å². The van der Waals surface area contributed by atoms with Gasteiger partial charge < -0.3 is 5.32 Å². The molecule has 0 bridgehead atoms. The van der Waals surface area contributed by atoms with Gasteiger partial charge in [0.15, 0.2) is 0 Å². The smallest absolute Gasteiger partial charge is 0.131 e. The van der Waals surface area contributed by atoms with Gasteiger partial charge in [-0.3, -0.25) is 4.98 Å². The van der Waals surface area contributed by atoms with Crippen LogP contribution in [0.3, 0.4) is 0 Å². The average Bonchev–Trinajstić information content (AvgIpc) is 2.33. The van der Waals surface area contributed by atoms with Crippen molar-refractivity contribution < 1.29 is 4.39 Å². The lowest BCUT2D eigenvalue weighted by Gasteiger charge is -2.07. The van der Waals surface area contributed by atoms with Gasteiger partial charge in [0, 0.05) is 29.6 Å². The van der Waals surface area contributed by atoms with Crippen LogP contribution in [-0.4, -0.2) is 12.0 Å². The zero-order chi connectivity index (χ0) is 12.3. The normalized spacial score (nSPS) is 10.5. The van der Waals surface area contributed by atoms with Crippen molar-refractivity contribution in [3.8, 4) is 11.1 Å². The molecule has 17 heavy (non-hydrogen) atoms. The van der Waals surface area contributed by atoms with E-state index in [0.717, 1.165) is 23.4 Å². The van der Waals surface area contributed by atoms with Crippen LogP contribution in [0.25, 0.3) is 11.1 Å². The van der Waals surface area contributed by atoms with Crippen LogP contribution in [0.2, 0.25) is 0 Å². The first-order valence-electron chi connectivity index (χ1n) is 5.57. The summed E-state index contributed by atoms with van der Waals surface area (Å²) < 4.78 is 13.7. The molecule has 2 nitrogen and oxygen atoms in total. The first-order chi connectivity index (χ1) is 8.20. The summed E-state index contributed by atoms with van der Waals surface area (Å²) in [5.41, 5.74) is 3.40. The lowest BCUT2D eigenvalue weighted by atomic mass is 10.0. The third kappa shape index (κ3) is 2.68. The van der Waals surface area contributed by atoms with E-state index in [1.54, 1.807) is 12.3 Å². The maximum Gasteiger partial charge on any atom is 0.131 e. The molecular formula is C14H15FN2. The highest BCUT2D eigenvalue weighted by Crippen LogP contribution is 2.23. The van der Waals surface area contributed by atoms with E-state index in [-0.39, 0.29) is 5.82 Å². The monoisotopic (exact) mass is 230 g/mol. The van der Waals surface area contributed by atoms with Crippen LogP contribution >= 0.6 is 0 Å². The highest BCUT2D eigenvalue weighted by Gasteiger charge is 2.06. The Labute approximate surface area is 101 Å². The largest absolute Gasteiger partial charge is 0.316 e. The van der Waals surface area contributed by atoms with Gasteiger partial charge in [-0.1, -0.05) is 12.1 Å². The fourth-order valence-electron chi connectivity index (χ4n) is 1.73. The van der Waals surface area contributed by atoms with Crippen LogP contribution in [0.1, 0.15) is 11.3 Å². The van der Waals surface area contributed by atoms with E-state index in [9.17, 15) is 4.39 Å². The summed E-state index contributed by atoms with van der Waals surface area (Å²) in [5, 5.41) is 3.05. The molecule has 1 aromatic heterocycles. The lowest BCUT2D eigenvalue weighted by molar-refractivity contribution is 0.630. The van der Waals surface area contributed by atoms with Gasteiger partial charge in [0.25, 0.3) is 0 Å². The van der Waals surface area contributed by atoms with Gasteiger partial charge in [0.1, 0.15) is 5.82 Å². The second kappa shape index (κ2) is 5.06. The van der Waals surface area contributed by atoms with Crippen molar-refractivity contribution in [2.24, 2.45) is 0 Å². The van der Waals surface area contributed by atoms with E-state index < -0.39 is 0 Å². The topological polar surface area (TPSA) is 24.9 Å². The van der Waals surface area contributed by atoms with Crippen molar-refractivity contribution in [2.75, 3.05) is 7.05 Å². The van der Waals surface area contributed by atoms with Gasteiger partial charge in [-0.2, -0.15) is 0 Å². The summed E-state index contributed by atoms with van der Waals surface area (Å²) in [5.74, 6) is -0.212. The molecule has 3 heteroatoms. The molecule has 1 N–H and O–H groups in total. The molecule has 2 aromatic rings. The molecular weight excluding hydrogens is 215 g/mol. The van der Waals surface area contributed by atoms with Gasteiger partial charge in [-0.25, -0.2) is 4.39 Å². The lowest BCUT2D eigenvalue weighted by Crippen LogP contribution is -2.05. The third-order valence-electron chi connectivity index (χ3n) is 2.63. The number of halogens is 1. The molecule has 0 unspecified atom stereocenters. The highest BCUT2D eigenvalue weighted by molar-refractivity contribution is 5.64. The Kier molecular flexibility index (Phi) is 3.49. The number of aryl methyl sites for hydroxylation is 1. The van der Waals surface area contributed by atoms with Crippen molar-refractivity contribution in [3.63, 3.8) is 0 Å². The Morgan fingerprint density at radius 2 is 2.06 bits per heavy atom. The Morgan fingerprint density at radius 3 is 2.71 bits per heavy atom. The SMILES string of the molecule is CNCc1ccc(F)c(-c2ccc(C)nc2)c1. The highest BCUT2D eigenvalue weighted by atomic mass is 19.1. The predicted octanol–water partition coefficient (Wildman–Crippen LogP) is 2.92. The molecule has 0 atom stereocenters. The predicted molar refractivity (Wildman–Crippen MR) is 67.1 cm³/mol. The quantitative estimate of drug-likeness (QED) is 0.877. The summed E-state index contributed by atoms with van der Waals surface area (Å²) in [6, 6.07) is 8.93. The first kappa shape index (κ1) is 11.7. The molecule has 0 fully saturated rings. The number of hydrogen-bond donors (Lipinski definition) is 1. The number of aromatic nitrogens is 1. The van der Waals surface area contributed by atoms with Crippen molar-refractivity contribution in [3.05, 3.63) is 53.6 Å². The van der Waals surface area contributed by atoms with Crippen LogP contribution in [0.4, 0.5) is 4.39 Å². The number of pyridine rings is 1. The standard InChI is InChI=1S/C14H15FN2/c1-10-3-5-12(9-17-10)13-7-11(8-16-2)4-6-14(13)15/h3-7,9,16H,8H2,1-2H3. The first-order valence-corrected chi connectivity index (χ1v) is 5.57. The zero-order valence-corrected chi connectivity index (χ0v) is 10.00.